The number of imide groups is 1. The molecule has 0 bridgehead atoms. The number of para-hydroxylation sites is 1. The molecule has 2 aromatic heterocycles. The van der Waals surface area contributed by atoms with E-state index in [4.69, 9.17) is 30.1 Å². The Balaban J connectivity index is 0.956. The first-order chi connectivity index (χ1) is 31.8. The number of methoxy groups -OCH3 is 1. The maximum atomic E-state index is 13.1. The maximum Gasteiger partial charge on any atom is 0.323 e. The minimum absolute atomic E-state index is 0.0187. The van der Waals surface area contributed by atoms with Gasteiger partial charge >= 0.3 is 5.97 Å². The molecule has 0 spiro atoms. The van der Waals surface area contributed by atoms with Crippen LogP contribution in [0.1, 0.15) is 81.7 Å². The number of rotatable bonds is 20. The number of fused-ring (bicyclic) bond motifs is 1. The zero-order valence-corrected chi connectivity index (χ0v) is 36.8. The molecule has 2 aliphatic heterocycles. The number of esters is 1. The topological polar surface area (TPSA) is 291 Å². The van der Waals surface area contributed by atoms with Gasteiger partial charge in [-0.05, 0) is 69.6 Å². The lowest BCUT2D eigenvalue weighted by atomic mass is 10.0. The zero-order chi connectivity index (χ0) is 47.3. The van der Waals surface area contributed by atoms with Crippen molar-refractivity contribution in [2.75, 3.05) is 51.2 Å². The lowest BCUT2D eigenvalue weighted by Crippen LogP contribution is -2.52. The van der Waals surface area contributed by atoms with Gasteiger partial charge in [0.25, 0.3) is 17.7 Å². The first kappa shape index (κ1) is 47.5. The molecule has 346 valence electrons. The van der Waals surface area contributed by atoms with E-state index in [1.54, 1.807) is 68.6 Å². The Hall–Kier alpha value is -7.94. The van der Waals surface area contributed by atoms with E-state index in [0.717, 1.165) is 0 Å². The molecule has 6 rings (SSSR count). The summed E-state index contributed by atoms with van der Waals surface area (Å²) in [4.78, 5) is 89.6. The predicted octanol–water partition coefficient (Wildman–Crippen LogP) is 3.33. The van der Waals surface area contributed by atoms with Crippen molar-refractivity contribution in [1.29, 1.82) is 5.41 Å². The molecule has 1 fully saturated rings. The lowest BCUT2D eigenvalue weighted by molar-refractivity contribution is -0.147. The van der Waals surface area contributed by atoms with Crippen molar-refractivity contribution < 1.29 is 47.7 Å². The molecular weight excluding hydrogens is 855 g/mol. The summed E-state index contributed by atoms with van der Waals surface area (Å²) >= 11 is 0. The van der Waals surface area contributed by atoms with Crippen LogP contribution < -0.4 is 41.8 Å². The minimum Gasteiger partial charge on any atom is -0.494 e. The molecule has 21 heteroatoms. The second-order valence-corrected chi connectivity index (χ2v) is 14.9. The molecule has 8 N–H and O–H groups in total. The number of primary amides is 1. The van der Waals surface area contributed by atoms with E-state index in [1.807, 2.05) is 6.92 Å². The number of carbonyl (C=O) groups excluding carboxylic acids is 6. The van der Waals surface area contributed by atoms with Crippen molar-refractivity contribution in [1.82, 2.24) is 30.8 Å². The highest BCUT2D eigenvalue weighted by Crippen LogP contribution is 2.35. The molecule has 4 heterocycles. The summed E-state index contributed by atoms with van der Waals surface area (Å²) in [6.07, 6.45) is 3.91. The van der Waals surface area contributed by atoms with Gasteiger partial charge in [0, 0.05) is 49.5 Å². The summed E-state index contributed by atoms with van der Waals surface area (Å²) in [6.45, 7) is 4.24. The molecule has 66 heavy (non-hydrogen) atoms. The number of hydrogen-bond donors (Lipinski definition) is 7. The molecule has 1 saturated heterocycles. The number of nitrogens with two attached hydrogens (primary N) is 1. The Morgan fingerprint density at radius 1 is 0.985 bits per heavy atom. The van der Waals surface area contributed by atoms with Crippen LogP contribution in [0.4, 0.5) is 23.0 Å². The molecule has 2 aromatic carbocycles. The molecule has 1 unspecified atom stereocenters. The van der Waals surface area contributed by atoms with Crippen molar-refractivity contribution in [2.45, 2.75) is 58.2 Å². The number of ether oxygens (including phenoxy) is 4. The van der Waals surface area contributed by atoms with Gasteiger partial charge in [0.05, 0.1) is 48.3 Å². The van der Waals surface area contributed by atoms with Gasteiger partial charge in [0.15, 0.2) is 17.5 Å². The number of hydrogen-bond acceptors (Lipinski definition) is 16. The van der Waals surface area contributed by atoms with Crippen LogP contribution in [0.2, 0.25) is 0 Å². The Morgan fingerprint density at radius 2 is 1.77 bits per heavy atom. The highest BCUT2D eigenvalue weighted by atomic mass is 16.6. The molecule has 2 aliphatic rings. The highest BCUT2D eigenvalue weighted by Gasteiger charge is 2.40. The summed E-state index contributed by atoms with van der Waals surface area (Å²) in [5.74, 6) is -1.16. The van der Waals surface area contributed by atoms with E-state index in [2.05, 4.69) is 41.5 Å². The van der Waals surface area contributed by atoms with Gasteiger partial charge in [-0.2, -0.15) is 4.99 Å². The summed E-state index contributed by atoms with van der Waals surface area (Å²) in [7, 11) is 3.08. The number of amidine groups is 1. The summed E-state index contributed by atoms with van der Waals surface area (Å²) in [5.41, 5.74) is 8.18. The third kappa shape index (κ3) is 11.6. The number of aromatic nitrogens is 2. The van der Waals surface area contributed by atoms with E-state index in [0.29, 0.717) is 82.1 Å². The average Bonchev–Trinajstić information content (AvgIpc) is 3.63. The third-order valence-corrected chi connectivity index (χ3v) is 10.5. The Bertz CT molecular complexity index is 2530. The maximum absolute atomic E-state index is 13.1. The minimum atomic E-state index is -0.750. The van der Waals surface area contributed by atoms with Gasteiger partial charge in [-0.25, -0.2) is 9.97 Å². The first-order valence-electron chi connectivity index (χ1n) is 21.1. The summed E-state index contributed by atoms with van der Waals surface area (Å²) in [5, 5.41) is 22.8. The van der Waals surface area contributed by atoms with Crippen molar-refractivity contribution in [3.8, 4) is 11.5 Å². The Labute approximate surface area is 379 Å². The van der Waals surface area contributed by atoms with Gasteiger partial charge in [-0.15, -0.1) is 0 Å². The van der Waals surface area contributed by atoms with Crippen LogP contribution in [-0.2, 0) is 30.4 Å². The van der Waals surface area contributed by atoms with Gasteiger partial charge in [-0.1, -0.05) is 12.1 Å². The van der Waals surface area contributed by atoms with Gasteiger partial charge in [-0.3, -0.25) is 39.5 Å². The molecule has 0 aliphatic carbocycles. The summed E-state index contributed by atoms with van der Waals surface area (Å²) in [6, 6.07) is 13.4. The van der Waals surface area contributed by atoms with E-state index < -0.39 is 29.9 Å². The number of amides is 5. The molecular formula is C45H51N11O10. The Morgan fingerprint density at radius 3 is 2.48 bits per heavy atom. The Kier molecular flexibility index (Phi) is 15.9. The standard InChI is InChI=1S/C45H51N11O10/c1-5-64-25(2)52-40(46)28-10-6-11-31(39(28)63-4)53-33-21-37(51-23-29(33)41(47)58)54-36-16-14-26(22-50-36)42(59)49-18-8-12-32(48-3)45(62)66-20-19-65-35-13-7-9-27-30(35)24-56(44(27)61)34-15-17-38(57)55-43(34)60/h6-7,9-11,13-14,16,21-23,32,34,46,48H,5,8,12,15,17-20,24H2,1-4H3,(H2,47,58)(H,49,59)(H,55,57,60)(H2,50,51,53,54)/t32-,34?/m0/s1. The van der Waals surface area contributed by atoms with Crippen molar-refractivity contribution in [3.05, 3.63) is 94.8 Å². The number of nitrogens with one attached hydrogen (secondary N) is 6. The molecule has 0 saturated carbocycles. The number of anilines is 4. The van der Waals surface area contributed by atoms with Gasteiger partial charge in [0.2, 0.25) is 11.8 Å². The molecule has 4 aromatic rings. The fraction of sp³-hybridized carbons (Fsp3) is 0.333. The second-order valence-electron chi connectivity index (χ2n) is 14.9. The molecule has 21 nitrogen and oxygen atoms in total. The smallest absolute Gasteiger partial charge is 0.323 e. The fourth-order valence-electron chi connectivity index (χ4n) is 7.28. The number of pyridine rings is 2. The SMILES string of the molecule is CCOC(C)=NC(=N)c1cccc(Nc2cc(Nc3ccc(C(=O)NCCC[C@H](NC)C(=O)OCCOc4cccc5c4CN(C4CCC(=O)NC4=O)C5=O)cn3)ncc2C(N)=O)c1OC. The quantitative estimate of drug-likeness (QED) is 0.0220. The number of nitrogens with zero attached hydrogens (tertiary/aromatic N) is 4. The third-order valence-electron chi connectivity index (χ3n) is 10.5. The van der Waals surface area contributed by atoms with Crippen LogP contribution in [0.5, 0.6) is 11.5 Å². The number of carbonyl (C=O) groups is 6. The van der Waals surface area contributed by atoms with Crippen LogP contribution in [0.25, 0.3) is 0 Å². The molecule has 2 atom stereocenters. The van der Waals surface area contributed by atoms with Crippen LogP contribution in [-0.4, -0.2) is 115 Å². The normalized spacial score (nSPS) is 15.0. The highest BCUT2D eigenvalue weighted by molar-refractivity contribution is 6.07. The fourth-order valence-corrected chi connectivity index (χ4v) is 7.28. The number of aliphatic imine (C=N–C) groups is 1. The second kappa shape index (κ2) is 22.1. The lowest BCUT2D eigenvalue weighted by Gasteiger charge is -2.29. The average molecular weight is 906 g/mol. The van der Waals surface area contributed by atoms with Crippen LogP contribution in [0.15, 0.2) is 72.0 Å². The van der Waals surface area contributed by atoms with Gasteiger partial charge < -0.3 is 50.8 Å². The number of benzene rings is 2. The van der Waals surface area contributed by atoms with Crippen LogP contribution in [0.3, 0.4) is 0 Å². The van der Waals surface area contributed by atoms with E-state index in [-0.39, 0.29) is 68.3 Å². The van der Waals surface area contributed by atoms with Crippen molar-refractivity contribution in [3.63, 3.8) is 0 Å². The van der Waals surface area contributed by atoms with E-state index in [1.165, 1.54) is 24.4 Å². The number of likely N-dealkylation sites (N-methyl/N-ethyl adjacent to an activating group) is 1. The predicted molar refractivity (Wildman–Crippen MR) is 241 cm³/mol. The van der Waals surface area contributed by atoms with E-state index >= 15 is 0 Å². The van der Waals surface area contributed by atoms with Gasteiger partial charge in [0.1, 0.15) is 42.7 Å². The van der Waals surface area contributed by atoms with E-state index in [9.17, 15) is 28.8 Å². The largest absolute Gasteiger partial charge is 0.494 e. The number of piperidine rings is 1. The van der Waals surface area contributed by atoms with Crippen LogP contribution >= 0.6 is 0 Å². The summed E-state index contributed by atoms with van der Waals surface area (Å²) < 4.78 is 22.3. The first-order valence-corrected chi connectivity index (χ1v) is 21.1. The van der Waals surface area contributed by atoms with Crippen molar-refractivity contribution in [2.24, 2.45) is 10.7 Å². The van der Waals surface area contributed by atoms with Crippen molar-refractivity contribution >= 4 is 70.2 Å². The van der Waals surface area contributed by atoms with Crippen LogP contribution in [0, 0.1) is 5.41 Å². The zero-order valence-electron chi connectivity index (χ0n) is 36.8. The molecule has 0 radical (unpaired) electrons. The molecule has 5 amide bonds. The monoisotopic (exact) mass is 905 g/mol.